The van der Waals surface area contributed by atoms with Crippen LogP contribution in [0.5, 0.6) is 0 Å². The lowest BCUT2D eigenvalue weighted by atomic mass is 9.71. The minimum atomic E-state index is 0.0425. The molecule has 0 bridgehead atoms. The van der Waals surface area contributed by atoms with Crippen LogP contribution >= 0.6 is 0 Å². The van der Waals surface area contributed by atoms with Gasteiger partial charge in [0.05, 0.1) is 6.04 Å². The van der Waals surface area contributed by atoms with E-state index in [1.54, 1.807) is 0 Å². The molecule has 1 saturated heterocycles. The minimum Gasteiger partial charge on any atom is -0.396 e. The van der Waals surface area contributed by atoms with E-state index < -0.39 is 0 Å². The van der Waals surface area contributed by atoms with Crippen molar-refractivity contribution in [2.75, 3.05) is 19.7 Å². The molecule has 4 heteroatoms. The van der Waals surface area contributed by atoms with Gasteiger partial charge < -0.3 is 15.3 Å². The normalized spacial score (nSPS) is 24.1. The summed E-state index contributed by atoms with van der Waals surface area (Å²) in [7, 11) is 0. The number of likely N-dealkylation sites (tertiary alicyclic amines) is 1. The van der Waals surface area contributed by atoms with Gasteiger partial charge in [0.15, 0.2) is 0 Å². The number of benzene rings is 1. The first kappa shape index (κ1) is 16.3. The van der Waals surface area contributed by atoms with Gasteiger partial charge in [-0.1, -0.05) is 38.1 Å². The van der Waals surface area contributed by atoms with Crippen LogP contribution in [0.25, 0.3) is 0 Å². The molecule has 2 amide bonds. The fourth-order valence-electron chi connectivity index (χ4n) is 3.92. The van der Waals surface area contributed by atoms with Crippen molar-refractivity contribution in [1.29, 1.82) is 0 Å². The molecule has 0 radical (unpaired) electrons. The summed E-state index contributed by atoms with van der Waals surface area (Å²) in [5, 5.41) is 12.5. The molecule has 1 aliphatic carbocycles. The van der Waals surface area contributed by atoms with Crippen molar-refractivity contribution in [1.82, 2.24) is 10.2 Å². The number of nitrogens with one attached hydrogen (secondary N) is 1. The summed E-state index contributed by atoms with van der Waals surface area (Å²) in [6.45, 7) is 6.29. The van der Waals surface area contributed by atoms with Crippen LogP contribution in [0, 0.1) is 5.92 Å². The van der Waals surface area contributed by atoms with Gasteiger partial charge in [-0.3, -0.25) is 0 Å². The van der Waals surface area contributed by atoms with Crippen molar-refractivity contribution in [2.24, 2.45) is 5.92 Å². The monoisotopic (exact) mass is 316 g/mol. The number of nitrogens with zero attached hydrogens (tertiary/aromatic N) is 1. The molecule has 0 saturated carbocycles. The Labute approximate surface area is 138 Å². The molecule has 1 aromatic carbocycles. The summed E-state index contributed by atoms with van der Waals surface area (Å²) < 4.78 is 0. The van der Waals surface area contributed by atoms with Crippen LogP contribution in [-0.2, 0) is 5.41 Å². The van der Waals surface area contributed by atoms with Gasteiger partial charge in [0.25, 0.3) is 0 Å². The van der Waals surface area contributed by atoms with E-state index in [2.05, 4.69) is 43.4 Å². The van der Waals surface area contributed by atoms with Crippen LogP contribution in [0.4, 0.5) is 4.79 Å². The summed E-state index contributed by atoms with van der Waals surface area (Å²) in [5.41, 5.74) is 2.80. The topological polar surface area (TPSA) is 52.6 Å². The zero-order valence-electron chi connectivity index (χ0n) is 14.2. The average molecular weight is 316 g/mol. The van der Waals surface area contributed by atoms with Gasteiger partial charge in [-0.15, -0.1) is 0 Å². The van der Waals surface area contributed by atoms with Gasteiger partial charge >= 0.3 is 6.03 Å². The highest BCUT2D eigenvalue weighted by Crippen LogP contribution is 2.41. The minimum absolute atomic E-state index is 0.0425. The van der Waals surface area contributed by atoms with Crippen LogP contribution in [0.1, 0.15) is 56.7 Å². The Hall–Kier alpha value is -1.55. The lowest BCUT2D eigenvalue weighted by molar-refractivity contribution is 0.134. The lowest BCUT2D eigenvalue weighted by Crippen LogP contribution is -2.47. The number of urea groups is 1. The molecule has 1 atom stereocenters. The van der Waals surface area contributed by atoms with Crippen molar-refractivity contribution >= 4 is 6.03 Å². The third kappa shape index (κ3) is 3.37. The lowest BCUT2D eigenvalue weighted by Gasteiger charge is -2.39. The Bertz CT molecular complexity index is 562. The molecule has 1 heterocycles. The number of carbonyl (C=O) groups is 1. The molecule has 1 unspecified atom stereocenters. The molecule has 1 fully saturated rings. The van der Waals surface area contributed by atoms with Gasteiger partial charge in [0.1, 0.15) is 0 Å². The van der Waals surface area contributed by atoms with E-state index in [4.69, 9.17) is 0 Å². The first-order valence-electron chi connectivity index (χ1n) is 8.77. The van der Waals surface area contributed by atoms with E-state index in [0.29, 0.717) is 5.92 Å². The number of amides is 2. The van der Waals surface area contributed by atoms with Crippen molar-refractivity contribution in [2.45, 2.75) is 51.0 Å². The zero-order chi connectivity index (χ0) is 16.4. The number of rotatable bonds is 2. The summed E-state index contributed by atoms with van der Waals surface area (Å²) >= 11 is 0. The van der Waals surface area contributed by atoms with Gasteiger partial charge in [0.2, 0.25) is 0 Å². The molecule has 2 aliphatic rings. The summed E-state index contributed by atoms with van der Waals surface area (Å²) in [6.07, 6.45) is 3.88. The molecule has 3 rings (SSSR count). The smallest absolute Gasteiger partial charge is 0.317 e. The maximum Gasteiger partial charge on any atom is 0.317 e. The molecule has 23 heavy (non-hydrogen) atoms. The van der Waals surface area contributed by atoms with Crippen LogP contribution in [0.15, 0.2) is 24.3 Å². The van der Waals surface area contributed by atoms with Crippen molar-refractivity contribution in [3.63, 3.8) is 0 Å². The van der Waals surface area contributed by atoms with E-state index in [1.807, 2.05) is 4.90 Å². The highest BCUT2D eigenvalue weighted by molar-refractivity contribution is 5.75. The number of fused-ring (bicyclic) bond motifs is 1. The summed E-state index contributed by atoms with van der Waals surface area (Å²) in [6, 6.07) is 8.65. The number of aliphatic hydroxyl groups excluding tert-OH is 1. The first-order valence-corrected chi connectivity index (χ1v) is 8.77. The third-order valence-corrected chi connectivity index (χ3v) is 5.58. The maximum absolute atomic E-state index is 12.6. The molecule has 1 aromatic rings. The largest absolute Gasteiger partial charge is 0.396 e. The average Bonchev–Trinajstić information content (AvgIpc) is 2.58. The number of carbonyl (C=O) groups excluding carboxylic acids is 1. The van der Waals surface area contributed by atoms with Crippen molar-refractivity contribution < 1.29 is 9.90 Å². The van der Waals surface area contributed by atoms with Gasteiger partial charge in [-0.2, -0.15) is 0 Å². The van der Waals surface area contributed by atoms with Crippen LogP contribution < -0.4 is 5.32 Å². The standard InChI is InChI=1S/C19H28N2O2/c1-19(2)10-7-17(15-5-3-4-6-16(15)19)20-18(23)21-11-8-14(13-22)9-12-21/h3-6,14,17,22H,7-13H2,1-2H3,(H,20,23). The van der Waals surface area contributed by atoms with Crippen LogP contribution in [-0.4, -0.2) is 35.7 Å². The Kier molecular flexibility index (Phi) is 4.62. The Morgan fingerprint density at radius 2 is 1.96 bits per heavy atom. The number of piperidine rings is 1. The van der Waals surface area contributed by atoms with E-state index in [-0.39, 0.29) is 24.1 Å². The number of hydrogen-bond acceptors (Lipinski definition) is 2. The molecule has 126 valence electrons. The summed E-state index contributed by atoms with van der Waals surface area (Å²) in [4.78, 5) is 14.5. The molecule has 0 spiro atoms. The van der Waals surface area contributed by atoms with Gasteiger partial charge in [0, 0.05) is 19.7 Å². The van der Waals surface area contributed by atoms with E-state index in [1.165, 1.54) is 11.1 Å². The third-order valence-electron chi connectivity index (χ3n) is 5.58. The predicted octanol–water partition coefficient (Wildman–Crippen LogP) is 3.21. The Balaban J connectivity index is 1.68. The molecular weight excluding hydrogens is 288 g/mol. The predicted molar refractivity (Wildman–Crippen MR) is 91.4 cm³/mol. The second-order valence-electron chi connectivity index (χ2n) is 7.62. The van der Waals surface area contributed by atoms with Gasteiger partial charge in [-0.25, -0.2) is 4.79 Å². The van der Waals surface area contributed by atoms with E-state index in [0.717, 1.165) is 38.8 Å². The second-order valence-corrected chi connectivity index (χ2v) is 7.62. The van der Waals surface area contributed by atoms with Crippen molar-refractivity contribution in [3.05, 3.63) is 35.4 Å². The highest BCUT2D eigenvalue weighted by atomic mass is 16.3. The van der Waals surface area contributed by atoms with Crippen molar-refractivity contribution in [3.8, 4) is 0 Å². The number of hydrogen-bond donors (Lipinski definition) is 2. The van der Waals surface area contributed by atoms with Crippen LogP contribution in [0.3, 0.4) is 0 Å². The molecule has 0 aromatic heterocycles. The van der Waals surface area contributed by atoms with E-state index in [9.17, 15) is 9.90 Å². The fraction of sp³-hybridized carbons (Fsp3) is 0.632. The summed E-state index contributed by atoms with van der Waals surface area (Å²) in [5.74, 6) is 0.357. The maximum atomic E-state index is 12.6. The SMILES string of the molecule is CC1(C)CCC(NC(=O)N2CCC(CO)CC2)c2ccccc21. The first-order chi connectivity index (χ1) is 11.0. The zero-order valence-corrected chi connectivity index (χ0v) is 14.2. The second kappa shape index (κ2) is 6.52. The molecule has 1 aliphatic heterocycles. The molecule has 2 N–H and O–H groups in total. The van der Waals surface area contributed by atoms with E-state index >= 15 is 0 Å². The Morgan fingerprint density at radius 3 is 2.65 bits per heavy atom. The molecular formula is C19H28N2O2. The Morgan fingerprint density at radius 1 is 1.26 bits per heavy atom. The highest BCUT2D eigenvalue weighted by Gasteiger charge is 2.33. The number of aliphatic hydroxyl groups is 1. The fourth-order valence-corrected chi connectivity index (χ4v) is 3.92. The van der Waals surface area contributed by atoms with Crippen LogP contribution in [0.2, 0.25) is 0 Å². The quantitative estimate of drug-likeness (QED) is 0.880. The van der Waals surface area contributed by atoms with Gasteiger partial charge in [-0.05, 0) is 48.1 Å². The molecule has 4 nitrogen and oxygen atoms in total.